The van der Waals surface area contributed by atoms with Crippen LogP contribution >= 0.6 is 0 Å². The highest BCUT2D eigenvalue weighted by molar-refractivity contribution is 5.28. The van der Waals surface area contributed by atoms with E-state index in [9.17, 15) is 8.78 Å². The molecule has 1 nitrogen and oxygen atoms in total. The van der Waals surface area contributed by atoms with Crippen LogP contribution in [-0.2, 0) is 0 Å². The number of benzene rings is 1. The first kappa shape index (κ1) is 16.4. The van der Waals surface area contributed by atoms with Crippen LogP contribution in [0, 0.1) is 24.5 Å². The van der Waals surface area contributed by atoms with Crippen LogP contribution in [0.1, 0.15) is 69.5 Å². The van der Waals surface area contributed by atoms with Gasteiger partial charge in [-0.15, -0.1) is 0 Å². The van der Waals surface area contributed by atoms with Gasteiger partial charge in [0, 0.05) is 23.7 Å². The summed E-state index contributed by atoms with van der Waals surface area (Å²) in [7, 11) is 0. The molecule has 0 aliphatic heterocycles. The minimum atomic E-state index is -0.461. The Kier molecular flexibility index (Phi) is 5.74. The summed E-state index contributed by atoms with van der Waals surface area (Å²) in [6.45, 7) is 5.84. The van der Waals surface area contributed by atoms with E-state index in [-0.39, 0.29) is 12.1 Å². The lowest BCUT2D eigenvalue weighted by Gasteiger charge is -2.29. The van der Waals surface area contributed by atoms with Gasteiger partial charge in [0.15, 0.2) is 0 Å². The molecule has 1 N–H and O–H groups in total. The lowest BCUT2D eigenvalue weighted by atomic mass is 9.83. The van der Waals surface area contributed by atoms with Crippen molar-refractivity contribution in [2.45, 2.75) is 71.4 Å². The fraction of sp³-hybridized carbons (Fsp3) is 0.667. The predicted molar refractivity (Wildman–Crippen MR) is 83.3 cm³/mol. The molecule has 1 fully saturated rings. The number of halogens is 2. The zero-order valence-electron chi connectivity index (χ0n) is 13.4. The van der Waals surface area contributed by atoms with Crippen LogP contribution < -0.4 is 5.32 Å². The molecule has 1 unspecified atom stereocenters. The molecule has 1 aromatic carbocycles. The molecule has 0 amide bonds. The van der Waals surface area contributed by atoms with Crippen molar-refractivity contribution in [1.29, 1.82) is 0 Å². The molecule has 1 saturated carbocycles. The maximum Gasteiger partial charge on any atom is 0.130 e. The first-order valence-corrected chi connectivity index (χ1v) is 8.19. The van der Waals surface area contributed by atoms with Gasteiger partial charge in [-0.2, -0.15) is 0 Å². The molecule has 0 saturated heterocycles. The van der Waals surface area contributed by atoms with Crippen molar-refractivity contribution < 1.29 is 8.78 Å². The summed E-state index contributed by atoms with van der Waals surface area (Å²) in [5.74, 6) is -0.232. The van der Waals surface area contributed by atoms with Gasteiger partial charge >= 0.3 is 0 Å². The minimum absolute atomic E-state index is 0.0209. The van der Waals surface area contributed by atoms with Crippen molar-refractivity contribution in [3.8, 4) is 0 Å². The normalized spacial score (nSPS) is 18.2. The Hall–Kier alpha value is -0.960. The Morgan fingerprint density at radius 3 is 2.38 bits per heavy atom. The summed E-state index contributed by atoms with van der Waals surface area (Å²) < 4.78 is 27.7. The molecule has 0 heterocycles. The summed E-state index contributed by atoms with van der Waals surface area (Å²) >= 11 is 0. The second-order valence-corrected chi connectivity index (χ2v) is 6.74. The third-order valence-electron chi connectivity index (χ3n) is 4.48. The van der Waals surface area contributed by atoms with Gasteiger partial charge in [-0.1, -0.05) is 46.0 Å². The van der Waals surface area contributed by atoms with Gasteiger partial charge in [-0.25, -0.2) is 8.78 Å². The lowest BCUT2D eigenvalue weighted by Crippen LogP contribution is -2.31. The zero-order valence-corrected chi connectivity index (χ0v) is 13.4. The number of nitrogens with one attached hydrogen (secondary N) is 1. The van der Waals surface area contributed by atoms with Gasteiger partial charge in [0.25, 0.3) is 0 Å². The van der Waals surface area contributed by atoms with E-state index >= 15 is 0 Å². The van der Waals surface area contributed by atoms with Crippen LogP contribution in [-0.4, -0.2) is 6.04 Å². The Morgan fingerprint density at radius 1 is 1.10 bits per heavy atom. The highest BCUT2D eigenvalue weighted by atomic mass is 19.1. The van der Waals surface area contributed by atoms with E-state index in [0.29, 0.717) is 17.0 Å². The fourth-order valence-corrected chi connectivity index (χ4v) is 3.39. The monoisotopic (exact) mass is 295 g/mol. The van der Waals surface area contributed by atoms with Crippen LogP contribution in [0.3, 0.4) is 0 Å². The van der Waals surface area contributed by atoms with Gasteiger partial charge in [0.2, 0.25) is 0 Å². The average molecular weight is 295 g/mol. The summed E-state index contributed by atoms with van der Waals surface area (Å²) in [6, 6.07) is 2.96. The van der Waals surface area contributed by atoms with Crippen molar-refractivity contribution in [3.05, 3.63) is 34.9 Å². The highest BCUT2D eigenvalue weighted by Crippen LogP contribution is 2.33. The SMILES string of the molecule is Cc1cc(C(CC2CCCCC2)NC(C)C)c(F)cc1F. The van der Waals surface area contributed by atoms with Gasteiger partial charge in [0.1, 0.15) is 11.6 Å². The van der Waals surface area contributed by atoms with Gasteiger partial charge in [0.05, 0.1) is 0 Å². The lowest BCUT2D eigenvalue weighted by molar-refractivity contribution is 0.289. The fourth-order valence-electron chi connectivity index (χ4n) is 3.39. The zero-order chi connectivity index (χ0) is 15.4. The Balaban J connectivity index is 2.20. The van der Waals surface area contributed by atoms with E-state index in [1.165, 1.54) is 32.1 Å². The van der Waals surface area contributed by atoms with Crippen molar-refractivity contribution >= 4 is 0 Å². The molecule has 118 valence electrons. The van der Waals surface area contributed by atoms with E-state index in [1.807, 2.05) is 0 Å². The second kappa shape index (κ2) is 7.35. The van der Waals surface area contributed by atoms with Crippen molar-refractivity contribution in [2.75, 3.05) is 0 Å². The van der Waals surface area contributed by atoms with Gasteiger partial charge in [-0.3, -0.25) is 0 Å². The molecule has 0 radical (unpaired) electrons. The van der Waals surface area contributed by atoms with Gasteiger partial charge < -0.3 is 5.32 Å². The van der Waals surface area contributed by atoms with Crippen LogP contribution in [0.5, 0.6) is 0 Å². The Labute approximate surface area is 127 Å². The molecule has 1 aliphatic rings. The van der Waals surface area contributed by atoms with E-state index in [4.69, 9.17) is 0 Å². The maximum atomic E-state index is 14.2. The molecule has 0 bridgehead atoms. The average Bonchev–Trinajstić information content (AvgIpc) is 2.43. The van der Waals surface area contributed by atoms with E-state index in [2.05, 4.69) is 19.2 Å². The number of hydrogen-bond acceptors (Lipinski definition) is 1. The first-order valence-electron chi connectivity index (χ1n) is 8.19. The maximum absolute atomic E-state index is 14.2. The Bertz CT molecular complexity index is 465. The first-order chi connectivity index (χ1) is 9.97. The largest absolute Gasteiger partial charge is 0.308 e. The molecular weight excluding hydrogens is 268 g/mol. The standard InChI is InChI=1S/C18H27F2N/c1-12(2)21-18(10-14-7-5-4-6-8-14)15-9-13(3)16(19)11-17(15)20/h9,11-12,14,18,21H,4-8,10H2,1-3H3. The molecule has 0 spiro atoms. The molecule has 3 heteroatoms. The quantitative estimate of drug-likeness (QED) is 0.779. The molecule has 1 aliphatic carbocycles. The van der Waals surface area contributed by atoms with E-state index < -0.39 is 11.6 Å². The second-order valence-electron chi connectivity index (χ2n) is 6.74. The Morgan fingerprint density at radius 2 is 1.76 bits per heavy atom. The predicted octanol–water partition coefficient (Wildman–Crippen LogP) is 5.28. The van der Waals surface area contributed by atoms with Crippen molar-refractivity contribution in [1.82, 2.24) is 5.32 Å². The van der Waals surface area contributed by atoms with Crippen LogP contribution in [0.2, 0.25) is 0 Å². The molecule has 0 aromatic heterocycles. The van der Waals surface area contributed by atoms with Crippen molar-refractivity contribution in [2.24, 2.45) is 5.92 Å². The van der Waals surface area contributed by atoms with Crippen LogP contribution in [0.4, 0.5) is 8.78 Å². The third-order valence-corrected chi connectivity index (χ3v) is 4.48. The minimum Gasteiger partial charge on any atom is -0.308 e. The molecule has 21 heavy (non-hydrogen) atoms. The van der Waals surface area contributed by atoms with E-state index in [1.54, 1.807) is 13.0 Å². The highest BCUT2D eigenvalue weighted by Gasteiger charge is 2.23. The number of aryl methyl sites for hydroxylation is 1. The molecule has 1 aromatic rings. The van der Waals surface area contributed by atoms with E-state index in [0.717, 1.165) is 12.5 Å². The molecule has 2 rings (SSSR count). The topological polar surface area (TPSA) is 12.0 Å². The summed E-state index contributed by atoms with van der Waals surface area (Å²) in [5, 5.41) is 3.47. The van der Waals surface area contributed by atoms with Crippen LogP contribution in [0.25, 0.3) is 0 Å². The third kappa shape index (κ3) is 4.50. The van der Waals surface area contributed by atoms with Gasteiger partial charge in [-0.05, 0) is 30.9 Å². The summed E-state index contributed by atoms with van der Waals surface area (Å²) in [4.78, 5) is 0. The summed E-state index contributed by atoms with van der Waals surface area (Å²) in [5.41, 5.74) is 1.14. The molecule has 1 atom stereocenters. The number of hydrogen-bond donors (Lipinski definition) is 1. The van der Waals surface area contributed by atoms with Crippen LogP contribution in [0.15, 0.2) is 12.1 Å². The van der Waals surface area contributed by atoms with Crippen molar-refractivity contribution in [3.63, 3.8) is 0 Å². The number of rotatable bonds is 5. The smallest absolute Gasteiger partial charge is 0.130 e. The molecular formula is C18H27F2N. The summed E-state index contributed by atoms with van der Waals surface area (Å²) in [6.07, 6.45) is 7.30.